The van der Waals surface area contributed by atoms with Crippen molar-refractivity contribution in [1.29, 1.82) is 0 Å². The number of aliphatic hydroxyl groups excluding tert-OH is 1. The Morgan fingerprint density at radius 2 is 1.46 bits per heavy atom. The van der Waals surface area contributed by atoms with Crippen molar-refractivity contribution in [3.63, 3.8) is 0 Å². The zero-order valence-corrected chi connectivity index (χ0v) is 14.9. The number of hydrogen-bond donors (Lipinski definition) is 1. The molecule has 0 aliphatic carbocycles. The quantitative estimate of drug-likeness (QED) is 0.807. The number of rotatable bonds is 6. The molecule has 134 valence electrons. The molecule has 2 aromatic rings. The van der Waals surface area contributed by atoms with Gasteiger partial charge in [0.1, 0.15) is 23.9 Å². The molecule has 0 saturated heterocycles. The predicted octanol–water partition coefficient (Wildman–Crippen LogP) is 1.96. The van der Waals surface area contributed by atoms with E-state index in [1.807, 2.05) is 44.1 Å². The van der Waals surface area contributed by atoms with Crippen LogP contribution in [0.25, 0.3) is 0 Å². The minimum Gasteiger partial charge on any atom is -0.463 e. The molecule has 0 unspecified atom stereocenters. The molecular weight excluding hydrogens is 312 g/mol. The fraction of sp³-hybridized carbons (Fsp3) is 0.471. The molecule has 2 aromatic heterocycles. The van der Waals surface area contributed by atoms with Gasteiger partial charge >= 0.3 is 5.97 Å². The van der Waals surface area contributed by atoms with Crippen LogP contribution in [-0.2, 0) is 24.4 Å². The zero-order chi connectivity index (χ0) is 18.1. The first-order valence-electron chi connectivity index (χ1n) is 7.50. The fourth-order valence-corrected chi connectivity index (χ4v) is 1.89. The van der Waals surface area contributed by atoms with Crippen LogP contribution in [0.3, 0.4) is 0 Å². The van der Waals surface area contributed by atoms with E-state index in [9.17, 15) is 4.79 Å². The standard InChI is InChI=1S/C9H13NO3.C8H13NO2/c1-10(2)6-7-4-5-8(13-7)9(11)12-3;1-9(2)5-7-3-4-8(6-10)11-7/h4-5H,6H2,1-3H3;3-4,10H,5-6H2,1-2H3. The highest BCUT2D eigenvalue weighted by atomic mass is 16.5. The van der Waals surface area contributed by atoms with Gasteiger partial charge in [0.05, 0.1) is 20.2 Å². The summed E-state index contributed by atoms with van der Waals surface area (Å²) in [4.78, 5) is 15.0. The van der Waals surface area contributed by atoms with Crippen LogP contribution < -0.4 is 0 Å². The number of carbonyl (C=O) groups excluding carboxylic acids is 1. The number of furan rings is 2. The lowest BCUT2D eigenvalue weighted by atomic mass is 10.4. The monoisotopic (exact) mass is 338 g/mol. The Balaban J connectivity index is 0.000000243. The van der Waals surface area contributed by atoms with Crippen molar-refractivity contribution < 1.29 is 23.5 Å². The van der Waals surface area contributed by atoms with Gasteiger partial charge < -0.3 is 28.5 Å². The Morgan fingerprint density at radius 1 is 0.958 bits per heavy atom. The van der Waals surface area contributed by atoms with Gasteiger partial charge in [-0.1, -0.05) is 0 Å². The van der Waals surface area contributed by atoms with E-state index in [0.717, 1.165) is 18.1 Å². The summed E-state index contributed by atoms with van der Waals surface area (Å²) in [6, 6.07) is 7.06. The number of hydrogen-bond acceptors (Lipinski definition) is 7. The van der Waals surface area contributed by atoms with Gasteiger partial charge in [-0.05, 0) is 52.5 Å². The van der Waals surface area contributed by atoms with Gasteiger partial charge in [0.2, 0.25) is 5.76 Å². The third kappa shape index (κ3) is 6.99. The summed E-state index contributed by atoms with van der Waals surface area (Å²) in [5.74, 6) is 2.08. The largest absolute Gasteiger partial charge is 0.463 e. The third-order valence-electron chi connectivity index (χ3n) is 2.87. The van der Waals surface area contributed by atoms with Crippen molar-refractivity contribution in [2.45, 2.75) is 19.7 Å². The van der Waals surface area contributed by atoms with Gasteiger partial charge in [0.25, 0.3) is 0 Å². The van der Waals surface area contributed by atoms with E-state index in [2.05, 4.69) is 4.74 Å². The lowest BCUT2D eigenvalue weighted by molar-refractivity contribution is 0.0562. The molecule has 0 radical (unpaired) electrons. The first kappa shape index (κ1) is 20.0. The van der Waals surface area contributed by atoms with Gasteiger partial charge in [-0.25, -0.2) is 4.79 Å². The van der Waals surface area contributed by atoms with Crippen LogP contribution in [0, 0.1) is 0 Å². The molecule has 0 saturated carbocycles. The molecule has 7 heteroatoms. The van der Waals surface area contributed by atoms with E-state index in [0.29, 0.717) is 12.3 Å². The normalized spacial score (nSPS) is 10.7. The lowest BCUT2D eigenvalue weighted by Gasteiger charge is -2.05. The minimum atomic E-state index is -0.440. The maximum Gasteiger partial charge on any atom is 0.373 e. The summed E-state index contributed by atoms with van der Waals surface area (Å²) in [7, 11) is 9.14. The Labute approximate surface area is 142 Å². The van der Waals surface area contributed by atoms with E-state index in [1.165, 1.54) is 7.11 Å². The van der Waals surface area contributed by atoms with Gasteiger partial charge in [0.15, 0.2) is 0 Å². The summed E-state index contributed by atoms with van der Waals surface area (Å²) in [5, 5.41) is 8.68. The van der Waals surface area contributed by atoms with Crippen LogP contribution in [0.4, 0.5) is 0 Å². The maximum absolute atomic E-state index is 11.0. The summed E-state index contributed by atoms with van der Waals surface area (Å²) >= 11 is 0. The summed E-state index contributed by atoms with van der Waals surface area (Å²) in [6.07, 6.45) is 0. The molecule has 2 heterocycles. The first-order valence-corrected chi connectivity index (χ1v) is 7.50. The van der Waals surface area contributed by atoms with Gasteiger partial charge in [-0.15, -0.1) is 0 Å². The van der Waals surface area contributed by atoms with Crippen molar-refractivity contribution in [3.05, 3.63) is 47.3 Å². The molecular formula is C17H26N2O5. The van der Waals surface area contributed by atoms with Gasteiger partial charge in [-0.3, -0.25) is 0 Å². The number of methoxy groups -OCH3 is 1. The molecule has 1 N–H and O–H groups in total. The average molecular weight is 338 g/mol. The van der Waals surface area contributed by atoms with E-state index < -0.39 is 5.97 Å². The van der Waals surface area contributed by atoms with Crippen molar-refractivity contribution >= 4 is 5.97 Å². The molecule has 0 fully saturated rings. The fourth-order valence-electron chi connectivity index (χ4n) is 1.89. The van der Waals surface area contributed by atoms with Crippen LogP contribution in [0.15, 0.2) is 33.1 Å². The number of carbonyl (C=O) groups is 1. The molecule has 0 bridgehead atoms. The highest BCUT2D eigenvalue weighted by molar-refractivity contribution is 5.86. The highest BCUT2D eigenvalue weighted by Crippen LogP contribution is 2.10. The second-order valence-corrected chi connectivity index (χ2v) is 5.76. The van der Waals surface area contributed by atoms with Crippen molar-refractivity contribution in [3.8, 4) is 0 Å². The summed E-state index contributed by atoms with van der Waals surface area (Å²) in [6.45, 7) is 1.43. The van der Waals surface area contributed by atoms with E-state index in [4.69, 9.17) is 13.9 Å². The van der Waals surface area contributed by atoms with Gasteiger partial charge in [0, 0.05) is 0 Å². The number of nitrogens with zero attached hydrogens (tertiary/aromatic N) is 2. The van der Waals surface area contributed by atoms with Crippen molar-refractivity contribution in [2.24, 2.45) is 0 Å². The predicted molar refractivity (Wildman–Crippen MR) is 89.5 cm³/mol. The first-order chi connectivity index (χ1) is 11.3. The molecule has 2 rings (SSSR count). The van der Waals surface area contributed by atoms with Crippen LogP contribution >= 0.6 is 0 Å². The second-order valence-electron chi connectivity index (χ2n) is 5.76. The van der Waals surface area contributed by atoms with Crippen LogP contribution in [0.2, 0.25) is 0 Å². The van der Waals surface area contributed by atoms with E-state index in [-0.39, 0.29) is 12.4 Å². The van der Waals surface area contributed by atoms with Crippen molar-refractivity contribution in [1.82, 2.24) is 9.80 Å². The summed E-state index contributed by atoms with van der Waals surface area (Å²) < 4.78 is 15.0. The Bertz CT molecular complexity index is 616. The smallest absolute Gasteiger partial charge is 0.373 e. The Morgan fingerprint density at radius 3 is 1.92 bits per heavy atom. The molecule has 0 aromatic carbocycles. The molecule has 24 heavy (non-hydrogen) atoms. The lowest BCUT2D eigenvalue weighted by Crippen LogP contribution is -2.09. The minimum absolute atomic E-state index is 0.0204. The van der Waals surface area contributed by atoms with Gasteiger partial charge in [-0.2, -0.15) is 0 Å². The molecule has 0 amide bonds. The van der Waals surface area contributed by atoms with Crippen molar-refractivity contribution in [2.75, 3.05) is 35.3 Å². The average Bonchev–Trinajstić information content (AvgIpc) is 3.15. The summed E-state index contributed by atoms with van der Waals surface area (Å²) in [5.41, 5.74) is 0. The van der Waals surface area contributed by atoms with E-state index >= 15 is 0 Å². The molecule has 0 aliphatic heterocycles. The van der Waals surface area contributed by atoms with Crippen LogP contribution in [0.1, 0.15) is 27.8 Å². The molecule has 0 aliphatic rings. The molecule has 7 nitrogen and oxygen atoms in total. The molecule has 0 spiro atoms. The van der Waals surface area contributed by atoms with Crippen LogP contribution in [0.5, 0.6) is 0 Å². The number of aliphatic hydroxyl groups is 1. The zero-order valence-electron chi connectivity index (χ0n) is 14.9. The SMILES string of the molecule is CN(C)Cc1ccc(CO)o1.COC(=O)c1ccc(CN(C)C)o1. The Hall–Kier alpha value is -2.09. The number of esters is 1. The second kappa shape index (κ2) is 9.92. The third-order valence-corrected chi connectivity index (χ3v) is 2.87. The number of ether oxygens (including phenoxy) is 1. The maximum atomic E-state index is 11.0. The highest BCUT2D eigenvalue weighted by Gasteiger charge is 2.10. The Kier molecular flexibility index (Phi) is 8.25. The molecule has 0 atom stereocenters. The topological polar surface area (TPSA) is 79.3 Å². The van der Waals surface area contributed by atoms with E-state index in [1.54, 1.807) is 18.2 Å². The van der Waals surface area contributed by atoms with Crippen LogP contribution in [-0.4, -0.2) is 56.2 Å².